The SMILES string of the molecule is CC(C)OC(=O)c1c(-c2ccccc2)csc1NC(=O)[C@@H]1[C@@H](C(=O)O)[C@H]2C=C[C@@H]1C2. The molecule has 6 nitrogen and oxygen atoms in total. The number of carboxylic acids is 1. The van der Waals surface area contributed by atoms with Crippen molar-refractivity contribution in [2.45, 2.75) is 26.4 Å². The third-order valence-electron chi connectivity index (χ3n) is 5.71. The average molecular weight is 426 g/mol. The number of benzene rings is 1. The van der Waals surface area contributed by atoms with Crippen molar-refractivity contribution in [1.29, 1.82) is 0 Å². The highest BCUT2D eigenvalue weighted by molar-refractivity contribution is 7.15. The molecule has 1 fully saturated rings. The van der Waals surface area contributed by atoms with Crippen molar-refractivity contribution >= 4 is 34.2 Å². The molecule has 0 saturated heterocycles. The highest BCUT2D eigenvalue weighted by Crippen LogP contribution is 2.49. The zero-order valence-electron chi connectivity index (χ0n) is 16.7. The molecule has 0 spiro atoms. The van der Waals surface area contributed by atoms with Crippen LogP contribution in [0.25, 0.3) is 11.1 Å². The minimum atomic E-state index is -0.956. The summed E-state index contributed by atoms with van der Waals surface area (Å²) in [5, 5.41) is 14.7. The van der Waals surface area contributed by atoms with E-state index in [1.165, 1.54) is 11.3 Å². The van der Waals surface area contributed by atoms with Crippen molar-refractivity contribution in [2.75, 3.05) is 5.32 Å². The van der Waals surface area contributed by atoms with Gasteiger partial charge in [0.15, 0.2) is 0 Å². The average Bonchev–Trinajstić information content (AvgIpc) is 3.42. The van der Waals surface area contributed by atoms with Crippen molar-refractivity contribution in [2.24, 2.45) is 23.7 Å². The normalized spacial score (nSPS) is 24.2. The number of rotatable bonds is 6. The van der Waals surface area contributed by atoms with Gasteiger partial charge in [0.05, 0.1) is 17.9 Å². The van der Waals surface area contributed by atoms with E-state index < -0.39 is 23.8 Å². The Labute approximate surface area is 178 Å². The molecule has 4 atom stereocenters. The highest BCUT2D eigenvalue weighted by atomic mass is 32.1. The number of nitrogens with one attached hydrogen (secondary N) is 1. The Morgan fingerprint density at radius 1 is 1.10 bits per heavy atom. The summed E-state index contributed by atoms with van der Waals surface area (Å²) >= 11 is 1.24. The van der Waals surface area contributed by atoms with Crippen LogP contribution in [-0.2, 0) is 14.3 Å². The molecular formula is C23H23NO5S. The fourth-order valence-corrected chi connectivity index (χ4v) is 5.43. The van der Waals surface area contributed by atoms with Crippen LogP contribution < -0.4 is 5.32 Å². The fourth-order valence-electron chi connectivity index (χ4n) is 4.47. The topological polar surface area (TPSA) is 92.7 Å². The molecule has 2 N–H and O–H groups in total. The molecule has 0 radical (unpaired) electrons. The number of thiophene rings is 1. The maximum atomic E-state index is 13.1. The van der Waals surface area contributed by atoms with Crippen molar-refractivity contribution in [3.8, 4) is 11.1 Å². The van der Waals surface area contributed by atoms with Gasteiger partial charge in [0.1, 0.15) is 10.6 Å². The maximum absolute atomic E-state index is 13.1. The fraction of sp³-hybridized carbons (Fsp3) is 0.348. The molecule has 1 aromatic carbocycles. The molecule has 0 aliphatic heterocycles. The molecule has 156 valence electrons. The van der Waals surface area contributed by atoms with Crippen LogP contribution in [0.4, 0.5) is 5.00 Å². The van der Waals surface area contributed by atoms with Crippen LogP contribution in [0, 0.1) is 23.7 Å². The Morgan fingerprint density at radius 2 is 1.77 bits per heavy atom. The second-order valence-corrected chi connectivity index (χ2v) is 8.88. The summed E-state index contributed by atoms with van der Waals surface area (Å²) in [6.07, 6.45) is 4.21. The Hall–Kier alpha value is -2.93. The number of allylic oxidation sites excluding steroid dienone is 2. The van der Waals surface area contributed by atoms with Crippen LogP contribution in [0.3, 0.4) is 0 Å². The summed E-state index contributed by atoms with van der Waals surface area (Å²) in [4.78, 5) is 37.7. The van der Waals surface area contributed by atoms with Crippen LogP contribution in [0.5, 0.6) is 0 Å². The Morgan fingerprint density at radius 3 is 2.40 bits per heavy atom. The largest absolute Gasteiger partial charge is 0.481 e. The molecule has 4 rings (SSSR count). The second kappa shape index (κ2) is 8.07. The molecular weight excluding hydrogens is 402 g/mol. The Kier molecular flexibility index (Phi) is 5.47. The van der Waals surface area contributed by atoms with Crippen molar-refractivity contribution in [3.63, 3.8) is 0 Å². The van der Waals surface area contributed by atoms with Crippen LogP contribution in [0.15, 0.2) is 47.9 Å². The van der Waals surface area contributed by atoms with E-state index >= 15 is 0 Å². The van der Waals surface area contributed by atoms with Crippen molar-refractivity contribution < 1.29 is 24.2 Å². The summed E-state index contributed by atoms with van der Waals surface area (Å²) in [6.45, 7) is 3.54. The van der Waals surface area contributed by atoms with Crippen molar-refractivity contribution in [1.82, 2.24) is 0 Å². The minimum absolute atomic E-state index is 0.0873. The van der Waals surface area contributed by atoms with Crippen molar-refractivity contribution in [3.05, 3.63) is 53.4 Å². The van der Waals surface area contributed by atoms with Gasteiger partial charge in [0.25, 0.3) is 0 Å². The molecule has 1 heterocycles. The van der Waals surface area contributed by atoms with E-state index in [-0.39, 0.29) is 23.8 Å². The molecule has 0 unspecified atom stereocenters. The van der Waals surface area contributed by atoms with Gasteiger partial charge in [-0.25, -0.2) is 4.79 Å². The van der Waals surface area contributed by atoms with E-state index in [1.807, 2.05) is 47.9 Å². The standard InChI is InChI=1S/C23H23NO5S/c1-12(2)29-23(28)19-16(13-6-4-3-5-7-13)11-30-21(19)24-20(25)17-14-8-9-15(10-14)18(17)22(26)27/h3-9,11-12,14-15,17-18H,10H2,1-2H3,(H,24,25)(H,26,27)/t14-,15+,17+,18+/m1/s1. The molecule has 1 amide bonds. The first kappa shape index (κ1) is 20.3. The van der Waals surface area contributed by atoms with Gasteiger partial charge in [-0.3, -0.25) is 9.59 Å². The molecule has 1 aromatic heterocycles. The second-order valence-electron chi connectivity index (χ2n) is 8.00. The molecule has 30 heavy (non-hydrogen) atoms. The number of hydrogen-bond donors (Lipinski definition) is 2. The van der Waals surface area contributed by atoms with E-state index in [4.69, 9.17) is 4.74 Å². The summed E-state index contributed by atoms with van der Waals surface area (Å²) in [7, 11) is 0. The number of esters is 1. The lowest BCUT2D eigenvalue weighted by Crippen LogP contribution is -2.36. The Bertz CT molecular complexity index is 1010. The lowest BCUT2D eigenvalue weighted by molar-refractivity contribution is -0.146. The molecule has 2 bridgehead atoms. The van der Waals surface area contributed by atoms with Gasteiger partial charge in [-0.15, -0.1) is 11.3 Å². The number of ether oxygens (including phenoxy) is 1. The van der Waals surface area contributed by atoms with E-state index in [9.17, 15) is 19.5 Å². The first-order valence-electron chi connectivity index (χ1n) is 9.96. The first-order valence-corrected chi connectivity index (χ1v) is 10.8. The van der Waals surface area contributed by atoms with E-state index in [0.717, 1.165) is 5.56 Å². The van der Waals surface area contributed by atoms with E-state index in [1.54, 1.807) is 13.8 Å². The molecule has 1 saturated carbocycles. The lowest BCUT2D eigenvalue weighted by atomic mass is 9.82. The molecule has 7 heteroatoms. The number of aliphatic carboxylic acids is 1. The monoisotopic (exact) mass is 425 g/mol. The van der Waals surface area contributed by atoms with Gasteiger partial charge in [-0.2, -0.15) is 0 Å². The third kappa shape index (κ3) is 3.65. The van der Waals surface area contributed by atoms with E-state index in [2.05, 4.69) is 5.32 Å². The lowest BCUT2D eigenvalue weighted by Gasteiger charge is -2.23. The first-order chi connectivity index (χ1) is 14.4. The predicted molar refractivity (Wildman–Crippen MR) is 114 cm³/mol. The van der Waals surface area contributed by atoms with E-state index in [0.29, 0.717) is 22.5 Å². The summed E-state index contributed by atoms with van der Waals surface area (Å²) in [5.41, 5.74) is 1.83. The molecule has 2 aromatic rings. The van der Waals surface area contributed by atoms with Gasteiger partial charge in [-0.05, 0) is 37.7 Å². The number of fused-ring (bicyclic) bond motifs is 2. The number of carboxylic acid groups (broad SMARTS) is 1. The van der Waals surface area contributed by atoms with Crippen LogP contribution >= 0.6 is 11.3 Å². The number of carbonyl (C=O) groups excluding carboxylic acids is 2. The summed E-state index contributed by atoms with van der Waals surface area (Å²) < 4.78 is 5.42. The third-order valence-corrected chi connectivity index (χ3v) is 6.60. The van der Waals surface area contributed by atoms with Gasteiger partial charge in [0.2, 0.25) is 5.91 Å². The summed E-state index contributed by atoms with van der Waals surface area (Å²) in [6, 6.07) is 9.42. The zero-order valence-corrected chi connectivity index (χ0v) is 17.5. The van der Waals surface area contributed by atoms with Crippen LogP contribution in [0.2, 0.25) is 0 Å². The quantitative estimate of drug-likeness (QED) is 0.527. The smallest absolute Gasteiger partial charge is 0.342 e. The number of anilines is 1. The van der Waals surface area contributed by atoms with Crippen LogP contribution in [-0.4, -0.2) is 29.1 Å². The maximum Gasteiger partial charge on any atom is 0.342 e. The number of carbonyl (C=O) groups is 3. The van der Waals surface area contributed by atoms with Crippen LogP contribution in [0.1, 0.15) is 30.6 Å². The van der Waals surface area contributed by atoms with Gasteiger partial charge >= 0.3 is 11.9 Å². The highest BCUT2D eigenvalue weighted by Gasteiger charge is 2.51. The molecule has 2 aliphatic carbocycles. The summed E-state index contributed by atoms with van der Waals surface area (Å²) in [5.74, 6) is -3.41. The van der Waals surface area contributed by atoms with Gasteiger partial charge in [-0.1, -0.05) is 42.5 Å². The minimum Gasteiger partial charge on any atom is -0.481 e. The number of hydrogen-bond acceptors (Lipinski definition) is 5. The van der Waals surface area contributed by atoms with Gasteiger partial charge < -0.3 is 15.2 Å². The zero-order chi connectivity index (χ0) is 21.4. The Balaban J connectivity index is 1.66. The number of amides is 1. The predicted octanol–water partition coefficient (Wildman–Crippen LogP) is 4.44. The van der Waals surface area contributed by atoms with Gasteiger partial charge in [0, 0.05) is 10.9 Å². The molecule has 2 aliphatic rings.